The van der Waals surface area contributed by atoms with Crippen molar-refractivity contribution < 1.29 is 24.1 Å². The number of methoxy groups -OCH3 is 2. The van der Waals surface area contributed by atoms with E-state index in [1.165, 1.54) is 6.07 Å². The van der Waals surface area contributed by atoms with E-state index in [4.69, 9.17) is 25.8 Å². The van der Waals surface area contributed by atoms with Crippen LogP contribution in [0.5, 0.6) is 23.0 Å². The van der Waals surface area contributed by atoms with Gasteiger partial charge in [0, 0.05) is 22.7 Å². The van der Waals surface area contributed by atoms with E-state index in [1.54, 1.807) is 37.3 Å². The zero-order valence-corrected chi connectivity index (χ0v) is 22.4. The van der Waals surface area contributed by atoms with E-state index in [9.17, 15) is 9.90 Å². The molecule has 0 fully saturated rings. The number of carbonyl (C=O) groups is 1. The summed E-state index contributed by atoms with van der Waals surface area (Å²) in [6, 6.07) is 17.6. The fourth-order valence-corrected chi connectivity index (χ4v) is 5.06. The van der Waals surface area contributed by atoms with Crippen LogP contribution in [-0.4, -0.2) is 53.5 Å². The van der Waals surface area contributed by atoms with E-state index in [0.717, 1.165) is 11.1 Å². The number of aromatic amines is 1. The molecule has 0 spiro atoms. The molecule has 1 atom stereocenters. The molecule has 1 aromatic heterocycles. The Morgan fingerprint density at radius 3 is 2.69 bits per heavy atom. The maximum Gasteiger partial charge on any atom is 0.273 e. The minimum Gasteiger partial charge on any atom is -0.507 e. The summed E-state index contributed by atoms with van der Waals surface area (Å²) in [4.78, 5) is 15.6. The molecule has 200 valence electrons. The van der Waals surface area contributed by atoms with Gasteiger partial charge >= 0.3 is 0 Å². The first kappa shape index (κ1) is 26.2. The number of hydrogen-bond donors (Lipinski definition) is 2. The molecule has 0 radical (unpaired) electrons. The Morgan fingerprint density at radius 2 is 1.92 bits per heavy atom. The van der Waals surface area contributed by atoms with Crippen molar-refractivity contribution in [3.05, 3.63) is 101 Å². The topological polar surface area (TPSA) is 96.9 Å². The van der Waals surface area contributed by atoms with Gasteiger partial charge in [0.25, 0.3) is 5.91 Å². The van der Waals surface area contributed by atoms with Crippen LogP contribution in [0.2, 0.25) is 5.02 Å². The number of rotatable bonds is 10. The van der Waals surface area contributed by atoms with Crippen LogP contribution in [0.4, 0.5) is 0 Å². The molecule has 0 saturated carbocycles. The Labute approximate surface area is 231 Å². The van der Waals surface area contributed by atoms with Crippen LogP contribution in [0.3, 0.4) is 0 Å². The average Bonchev–Trinajstić information content (AvgIpc) is 3.50. The highest BCUT2D eigenvalue weighted by molar-refractivity contribution is 6.31. The molecule has 4 aromatic rings. The fourth-order valence-electron chi connectivity index (χ4n) is 4.89. The van der Waals surface area contributed by atoms with E-state index in [0.29, 0.717) is 64.4 Å². The molecule has 9 heteroatoms. The molecular formula is C30H28ClN3O5. The molecular weight excluding hydrogens is 518 g/mol. The predicted octanol–water partition coefficient (Wildman–Crippen LogP) is 5.81. The number of benzene rings is 3. The summed E-state index contributed by atoms with van der Waals surface area (Å²) in [5.74, 6) is 1.75. The number of carbonyl (C=O) groups excluding carboxylic acids is 1. The van der Waals surface area contributed by atoms with E-state index >= 15 is 0 Å². The lowest BCUT2D eigenvalue weighted by Gasteiger charge is -2.27. The molecule has 0 bridgehead atoms. The third-order valence-electron chi connectivity index (χ3n) is 6.71. The first-order chi connectivity index (χ1) is 18.9. The standard InChI is InChI=1S/C30H28ClN3O5/c1-4-14-39-21-7-5-6-19(16-21)29-26-27(22-17-20(31)9-10-23(22)35)32-33-28(26)30(36)34(29)13-12-18-8-11-24(37-2)25(15-18)38-3/h4-11,15-17,29,35H,1,12-14H2,2-3H3,(H,32,33). The highest BCUT2D eigenvalue weighted by Gasteiger charge is 2.42. The number of phenolic OH excluding ortho intramolecular Hbond substituents is 1. The number of aromatic hydroxyl groups is 1. The molecule has 1 aliphatic rings. The summed E-state index contributed by atoms with van der Waals surface area (Å²) in [5, 5.41) is 18.5. The molecule has 8 nitrogen and oxygen atoms in total. The third-order valence-corrected chi connectivity index (χ3v) is 6.94. The number of amides is 1. The molecule has 1 amide bonds. The minimum atomic E-state index is -0.480. The Morgan fingerprint density at radius 1 is 1.10 bits per heavy atom. The summed E-state index contributed by atoms with van der Waals surface area (Å²) in [6.07, 6.45) is 2.25. The average molecular weight is 546 g/mol. The number of ether oxygens (including phenoxy) is 3. The molecule has 3 aromatic carbocycles. The molecule has 0 saturated heterocycles. The Balaban J connectivity index is 1.56. The van der Waals surface area contributed by atoms with Gasteiger partial charge in [-0.3, -0.25) is 9.89 Å². The van der Waals surface area contributed by atoms with Crippen LogP contribution in [0.25, 0.3) is 11.3 Å². The molecule has 2 N–H and O–H groups in total. The smallest absolute Gasteiger partial charge is 0.273 e. The fraction of sp³-hybridized carbons (Fsp3) is 0.200. The first-order valence-electron chi connectivity index (χ1n) is 12.4. The SMILES string of the molecule is C=CCOc1cccc(C2c3c(-c4cc(Cl)ccc4O)n[nH]c3C(=O)N2CCc2ccc(OC)c(OC)c2)c1. The van der Waals surface area contributed by atoms with Gasteiger partial charge in [-0.1, -0.05) is 42.5 Å². The van der Waals surface area contributed by atoms with Crippen LogP contribution < -0.4 is 14.2 Å². The van der Waals surface area contributed by atoms with Crippen molar-refractivity contribution in [2.45, 2.75) is 12.5 Å². The molecule has 2 heterocycles. The number of nitrogens with one attached hydrogen (secondary N) is 1. The number of phenols is 1. The quantitative estimate of drug-likeness (QED) is 0.244. The van der Waals surface area contributed by atoms with Crippen molar-refractivity contribution >= 4 is 17.5 Å². The van der Waals surface area contributed by atoms with Gasteiger partial charge in [-0.25, -0.2) is 0 Å². The largest absolute Gasteiger partial charge is 0.507 e. The van der Waals surface area contributed by atoms with Crippen LogP contribution in [0.15, 0.2) is 73.3 Å². The van der Waals surface area contributed by atoms with Gasteiger partial charge in [0.15, 0.2) is 11.5 Å². The Bertz CT molecular complexity index is 1530. The Kier molecular flexibility index (Phi) is 7.47. The number of H-pyrrole nitrogens is 1. The molecule has 0 aliphatic carbocycles. The normalized spacial score (nSPS) is 14.3. The van der Waals surface area contributed by atoms with Gasteiger partial charge in [0.1, 0.15) is 29.5 Å². The van der Waals surface area contributed by atoms with Crippen LogP contribution in [-0.2, 0) is 6.42 Å². The van der Waals surface area contributed by atoms with Crippen molar-refractivity contribution in [2.24, 2.45) is 0 Å². The zero-order chi connectivity index (χ0) is 27.5. The highest BCUT2D eigenvalue weighted by atomic mass is 35.5. The second-order valence-corrected chi connectivity index (χ2v) is 9.47. The molecule has 1 unspecified atom stereocenters. The molecule has 5 rings (SSSR count). The lowest BCUT2D eigenvalue weighted by molar-refractivity contribution is 0.0745. The van der Waals surface area contributed by atoms with Gasteiger partial charge < -0.3 is 24.2 Å². The van der Waals surface area contributed by atoms with Gasteiger partial charge in [-0.05, 0) is 60.0 Å². The Hall–Kier alpha value is -4.43. The number of nitrogens with zero attached hydrogens (tertiary/aromatic N) is 2. The molecule has 1 aliphatic heterocycles. The second-order valence-electron chi connectivity index (χ2n) is 9.03. The first-order valence-corrected chi connectivity index (χ1v) is 12.8. The van der Waals surface area contributed by atoms with Crippen molar-refractivity contribution in [3.63, 3.8) is 0 Å². The van der Waals surface area contributed by atoms with Crippen molar-refractivity contribution in [1.82, 2.24) is 15.1 Å². The number of fused-ring (bicyclic) bond motifs is 1. The van der Waals surface area contributed by atoms with Crippen LogP contribution >= 0.6 is 11.6 Å². The third kappa shape index (κ3) is 5.03. The summed E-state index contributed by atoms with van der Waals surface area (Å²) < 4.78 is 16.6. The van der Waals surface area contributed by atoms with Crippen LogP contribution in [0, 0.1) is 0 Å². The molecule has 39 heavy (non-hydrogen) atoms. The summed E-state index contributed by atoms with van der Waals surface area (Å²) in [7, 11) is 3.18. The predicted molar refractivity (Wildman–Crippen MR) is 149 cm³/mol. The highest BCUT2D eigenvalue weighted by Crippen LogP contribution is 2.45. The van der Waals surface area contributed by atoms with E-state index < -0.39 is 6.04 Å². The zero-order valence-electron chi connectivity index (χ0n) is 21.6. The van der Waals surface area contributed by atoms with Crippen LogP contribution in [0.1, 0.15) is 33.2 Å². The maximum atomic E-state index is 13.8. The maximum absolute atomic E-state index is 13.8. The lowest BCUT2D eigenvalue weighted by Crippen LogP contribution is -2.31. The summed E-state index contributed by atoms with van der Waals surface area (Å²) >= 11 is 6.26. The van der Waals surface area contributed by atoms with Crippen molar-refractivity contribution in [3.8, 4) is 34.3 Å². The van der Waals surface area contributed by atoms with E-state index in [1.807, 2.05) is 42.5 Å². The lowest BCUT2D eigenvalue weighted by atomic mass is 9.95. The number of aromatic nitrogens is 2. The van der Waals surface area contributed by atoms with Gasteiger partial charge in [0.2, 0.25) is 0 Å². The second kappa shape index (κ2) is 11.1. The van der Waals surface area contributed by atoms with Gasteiger partial charge in [0.05, 0.1) is 20.3 Å². The van der Waals surface area contributed by atoms with Crippen molar-refractivity contribution in [2.75, 3.05) is 27.4 Å². The summed E-state index contributed by atoms with van der Waals surface area (Å²) in [5.41, 5.74) is 3.79. The monoisotopic (exact) mass is 545 g/mol. The minimum absolute atomic E-state index is 0.0201. The van der Waals surface area contributed by atoms with Gasteiger partial charge in [-0.2, -0.15) is 5.10 Å². The summed E-state index contributed by atoms with van der Waals surface area (Å²) in [6.45, 7) is 4.49. The van der Waals surface area contributed by atoms with E-state index in [2.05, 4.69) is 16.8 Å². The van der Waals surface area contributed by atoms with Gasteiger partial charge in [-0.15, -0.1) is 0 Å². The number of hydrogen-bond acceptors (Lipinski definition) is 6. The van der Waals surface area contributed by atoms with Crippen molar-refractivity contribution in [1.29, 1.82) is 0 Å². The van der Waals surface area contributed by atoms with E-state index in [-0.39, 0.29) is 11.7 Å². The number of halogens is 1.